The predicted octanol–water partition coefficient (Wildman–Crippen LogP) is 1.56. The summed E-state index contributed by atoms with van der Waals surface area (Å²) in [5, 5.41) is 9.31. The molecule has 1 unspecified atom stereocenters. The molecule has 15 heavy (non-hydrogen) atoms. The van der Waals surface area contributed by atoms with Crippen LogP contribution in [-0.4, -0.2) is 24.3 Å². The first kappa shape index (κ1) is 11.9. The second-order valence-electron chi connectivity index (χ2n) is 2.99. The van der Waals surface area contributed by atoms with E-state index in [0.29, 0.717) is 5.56 Å². The third-order valence-corrected chi connectivity index (χ3v) is 2.19. The Morgan fingerprint density at radius 3 is 2.87 bits per heavy atom. The minimum Gasteiger partial charge on any atom is -0.467 e. The Bertz CT molecular complexity index is 368. The molecule has 1 N–H and O–H groups in total. The highest BCUT2D eigenvalue weighted by molar-refractivity contribution is 6.30. The molecular formula is C10H10ClFO3. The molecule has 0 aliphatic heterocycles. The van der Waals surface area contributed by atoms with Gasteiger partial charge < -0.3 is 9.84 Å². The van der Waals surface area contributed by atoms with Gasteiger partial charge >= 0.3 is 5.97 Å². The average Bonchev–Trinajstić information content (AvgIpc) is 2.22. The van der Waals surface area contributed by atoms with Gasteiger partial charge in [-0.25, -0.2) is 9.18 Å². The van der Waals surface area contributed by atoms with Crippen LogP contribution in [0.25, 0.3) is 0 Å². The molecule has 1 aromatic rings. The highest BCUT2D eigenvalue weighted by Crippen LogP contribution is 2.16. The summed E-state index contributed by atoms with van der Waals surface area (Å²) >= 11 is 5.48. The molecule has 0 saturated heterocycles. The maximum Gasteiger partial charge on any atom is 0.335 e. The van der Waals surface area contributed by atoms with Crippen LogP contribution in [0.5, 0.6) is 0 Å². The predicted molar refractivity (Wildman–Crippen MR) is 53.1 cm³/mol. The van der Waals surface area contributed by atoms with E-state index in [1.807, 2.05) is 0 Å². The Balaban J connectivity index is 2.73. The Labute approximate surface area is 91.4 Å². The van der Waals surface area contributed by atoms with Crippen molar-refractivity contribution >= 4 is 17.6 Å². The van der Waals surface area contributed by atoms with Crippen molar-refractivity contribution in [3.05, 3.63) is 34.6 Å². The second kappa shape index (κ2) is 5.09. The van der Waals surface area contributed by atoms with Gasteiger partial charge in [-0.3, -0.25) is 0 Å². The van der Waals surface area contributed by atoms with Gasteiger partial charge in [0, 0.05) is 6.42 Å². The van der Waals surface area contributed by atoms with E-state index in [4.69, 9.17) is 11.6 Å². The molecule has 0 aliphatic carbocycles. The standard InChI is InChI=1S/C10H10ClFO3/c1-15-10(14)9(13)5-6-2-3-7(11)8(12)4-6/h2-4,9,13H,5H2,1H3. The van der Waals surface area contributed by atoms with Crippen molar-refractivity contribution in [3.63, 3.8) is 0 Å². The largest absolute Gasteiger partial charge is 0.467 e. The highest BCUT2D eigenvalue weighted by atomic mass is 35.5. The van der Waals surface area contributed by atoms with Crippen LogP contribution in [0.1, 0.15) is 5.56 Å². The Kier molecular flexibility index (Phi) is 4.05. The van der Waals surface area contributed by atoms with Crippen LogP contribution >= 0.6 is 11.6 Å². The number of esters is 1. The maximum atomic E-state index is 13.0. The molecule has 82 valence electrons. The van der Waals surface area contributed by atoms with Crippen molar-refractivity contribution in [1.29, 1.82) is 0 Å². The first-order chi connectivity index (χ1) is 7.04. The van der Waals surface area contributed by atoms with Gasteiger partial charge in [0.15, 0.2) is 6.10 Å². The van der Waals surface area contributed by atoms with E-state index < -0.39 is 17.9 Å². The normalized spacial score (nSPS) is 12.3. The van der Waals surface area contributed by atoms with E-state index in [1.165, 1.54) is 25.3 Å². The molecule has 0 aromatic heterocycles. The summed E-state index contributed by atoms with van der Waals surface area (Å²) in [5.74, 6) is -1.32. The number of benzene rings is 1. The Hall–Kier alpha value is -1.13. The lowest BCUT2D eigenvalue weighted by Crippen LogP contribution is -2.24. The summed E-state index contributed by atoms with van der Waals surface area (Å²) in [6.45, 7) is 0. The fourth-order valence-corrected chi connectivity index (χ4v) is 1.23. The van der Waals surface area contributed by atoms with Gasteiger partial charge in [0.2, 0.25) is 0 Å². The lowest BCUT2D eigenvalue weighted by molar-refractivity contribution is -0.150. The number of carbonyl (C=O) groups excluding carboxylic acids is 1. The fourth-order valence-electron chi connectivity index (χ4n) is 1.11. The number of methoxy groups -OCH3 is 1. The number of aliphatic hydroxyl groups excluding tert-OH is 1. The topological polar surface area (TPSA) is 46.5 Å². The number of rotatable bonds is 3. The van der Waals surface area contributed by atoms with Crippen LogP contribution in [-0.2, 0) is 16.0 Å². The molecule has 0 fully saturated rings. The summed E-state index contributed by atoms with van der Waals surface area (Å²) in [4.78, 5) is 10.9. The van der Waals surface area contributed by atoms with E-state index >= 15 is 0 Å². The van der Waals surface area contributed by atoms with Crippen molar-refractivity contribution in [1.82, 2.24) is 0 Å². The van der Waals surface area contributed by atoms with E-state index in [2.05, 4.69) is 4.74 Å². The zero-order valence-corrected chi connectivity index (χ0v) is 8.79. The van der Waals surface area contributed by atoms with E-state index in [0.717, 1.165) is 0 Å². The average molecular weight is 233 g/mol. The molecular weight excluding hydrogens is 223 g/mol. The van der Waals surface area contributed by atoms with Crippen LogP contribution in [0.2, 0.25) is 5.02 Å². The molecule has 0 aliphatic rings. The van der Waals surface area contributed by atoms with Crippen LogP contribution in [0, 0.1) is 5.82 Å². The summed E-state index contributed by atoms with van der Waals surface area (Å²) in [7, 11) is 1.17. The second-order valence-corrected chi connectivity index (χ2v) is 3.40. The molecule has 1 atom stereocenters. The zero-order valence-electron chi connectivity index (χ0n) is 8.04. The minimum atomic E-state index is -1.28. The minimum absolute atomic E-state index is 0.000756. The van der Waals surface area contributed by atoms with Crippen LogP contribution in [0.4, 0.5) is 4.39 Å². The van der Waals surface area contributed by atoms with E-state index in [1.54, 1.807) is 0 Å². The number of ether oxygens (including phenoxy) is 1. The number of hydrogen-bond acceptors (Lipinski definition) is 3. The van der Waals surface area contributed by atoms with Gasteiger partial charge in [-0.05, 0) is 17.7 Å². The van der Waals surface area contributed by atoms with Gasteiger partial charge in [0.25, 0.3) is 0 Å². The van der Waals surface area contributed by atoms with Crippen molar-refractivity contribution in [3.8, 4) is 0 Å². The summed E-state index contributed by atoms with van der Waals surface area (Å²) in [6, 6.07) is 4.09. The van der Waals surface area contributed by atoms with Gasteiger partial charge in [0.1, 0.15) is 5.82 Å². The molecule has 0 bridgehead atoms. The molecule has 0 heterocycles. The summed E-state index contributed by atoms with van der Waals surface area (Å²) in [5.41, 5.74) is 0.481. The highest BCUT2D eigenvalue weighted by Gasteiger charge is 2.16. The van der Waals surface area contributed by atoms with Gasteiger partial charge in [0.05, 0.1) is 12.1 Å². The molecule has 1 aromatic carbocycles. The molecule has 5 heteroatoms. The number of halogens is 2. The van der Waals surface area contributed by atoms with Gasteiger partial charge in [-0.1, -0.05) is 17.7 Å². The van der Waals surface area contributed by atoms with Crippen LogP contribution in [0.3, 0.4) is 0 Å². The first-order valence-corrected chi connectivity index (χ1v) is 4.62. The van der Waals surface area contributed by atoms with Gasteiger partial charge in [-0.15, -0.1) is 0 Å². The molecule has 3 nitrogen and oxygen atoms in total. The van der Waals surface area contributed by atoms with Crippen LogP contribution in [0.15, 0.2) is 18.2 Å². The monoisotopic (exact) mass is 232 g/mol. The quantitative estimate of drug-likeness (QED) is 0.805. The summed E-state index contributed by atoms with van der Waals surface area (Å²) < 4.78 is 17.3. The fraction of sp³-hybridized carbons (Fsp3) is 0.300. The zero-order chi connectivity index (χ0) is 11.4. The van der Waals surface area contributed by atoms with E-state index in [-0.39, 0.29) is 11.4 Å². The first-order valence-electron chi connectivity index (χ1n) is 4.24. The molecule has 0 amide bonds. The molecule has 0 radical (unpaired) electrons. The SMILES string of the molecule is COC(=O)C(O)Cc1ccc(Cl)c(F)c1. The Morgan fingerprint density at radius 2 is 2.33 bits per heavy atom. The smallest absolute Gasteiger partial charge is 0.335 e. The third kappa shape index (κ3) is 3.18. The third-order valence-electron chi connectivity index (χ3n) is 1.89. The molecule has 0 spiro atoms. The van der Waals surface area contributed by atoms with Crippen molar-refractivity contribution < 1.29 is 19.0 Å². The number of aliphatic hydroxyl groups is 1. The Morgan fingerprint density at radius 1 is 1.67 bits per heavy atom. The van der Waals surface area contributed by atoms with Crippen molar-refractivity contribution in [2.45, 2.75) is 12.5 Å². The number of carbonyl (C=O) groups is 1. The van der Waals surface area contributed by atoms with Crippen molar-refractivity contribution in [2.24, 2.45) is 0 Å². The molecule has 1 rings (SSSR count). The maximum absolute atomic E-state index is 13.0. The van der Waals surface area contributed by atoms with Gasteiger partial charge in [-0.2, -0.15) is 0 Å². The molecule has 0 saturated carbocycles. The van der Waals surface area contributed by atoms with E-state index in [9.17, 15) is 14.3 Å². The lowest BCUT2D eigenvalue weighted by atomic mass is 10.1. The summed E-state index contributed by atoms with van der Waals surface area (Å²) in [6.07, 6.45) is -1.28. The number of hydrogen-bond donors (Lipinski definition) is 1. The van der Waals surface area contributed by atoms with Crippen molar-refractivity contribution in [2.75, 3.05) is 7.11 Å². The lowest BCUT2D eigenvalue weighted by Gasteiger charge is -2.08. The van der Waals surface area contributed by atoms with Crippen LogP contribution < -0.4 is 0 Å².